The standard InChI is InChI=1S/C17H19N3O/c1-17(2,3)14-9-7-13(8-10-14)12-20-16(21)19-11-5-4-6-15(19)18-20/h4-11H,12H2,1-3H3. The van der Waals surface area contributed by atoms with E-state index in [1.807, 2.05) is 18.2 Å². The van der Waals surface area contributed by atoms with E-state index in [2.05, 4.69) is 50.1 Å². The van der Waals surface area contributed by atoms with Crippen molar-refractivity contribution in [1.82, 2.24) is 14.2 Å². The molecule has 0 aliphatic heterocycles. The summed E-state index contributed by atoms with van der Waals surface area (Å²) >= 11 is 0. The van der Waals surface area contributed by atoms with Crippen LogP contribution in [0.3, 0.4) is 0 Å². The molecule has 3 rings (SSSR count). The molecular formula is C17H19N3O. The van der Waals surface area contributed by atoms with Gasteiger partial charge in [-0.3, -0.25) is 4.40 Å². The van der Waals surface area contributed by atoms with Crippen molar-refractivity contribution in [3.8, 4) is 0 Å². The maximum Gasteiger partial charge on any atom is 0.350 e. The molecule has 0 atom stereocenters. The predicted octanol–water partition coefficient (Wildman–Crippen LogP) is 2.84. The Hall–Kier alpha value is -2.36. The number of hydrogen-bond donors (Lipinski definition) is 0. The zero-order valence-corrected chi connectivity index (χ0v) is 12.6. The van der Waals surface area contributed by atoms with Crippen LogP contribution in [0.2, 0.25) is 0 Å². The van der Waals surface area contributed by atoms with E-state index >= 15 is 0 Å². The van der Waals surface area contributed by atoms with E-state index in [0.717, 1.165) is 5.56 Å². The topological polar surface area (TPSA) is 39.3 Å². The molecule has 1 aromatic carbocycles. The summed E-state index contributed by atoms with van der Waals surface area (Å²) in [6.07, 6.45) is 1.74. The molecule has 2 aromatic heterocycles. The Balaban J connectivity index is 1.92. The van der Waals surface area contributed by atoms with Gasteiger partial charge >= 0.3 is 5.69 Å². The highest BCUT2D eigenvalue weighted by molar-refractivity contribution is 5.35. The van der Waals surface area contributed by atoms with Crippen LogP contribution in [0.25, 0.3) is 5.65 Å². The van der Waals surface area contributed by atoms with Gasteiger partial charge in [0.1, 0.15) is 0 Å². The SMILES string of the molecule is CC(C)(C)c1ccc(Cn2nc3ccccn3c2=O)cc1. The van der Waals surface area contributed by atoms with Gasteiger partial charge in [0.25, 0.3) is 0 Å². The Kier molecular flexibility index (Phi) is 3.16. The fraction of sp³-hybridized carbons (Fsp3) is 0.294. The van der Waals surface area contributed by atoms with Crippen molar-refractivity contribution in [3.05, 3.63) is 70.3 Å². The summed E-state index contributed by atoms with van der Waals surface area (Å²) in [6.45, 7) is 7.06. The first-order valence-electron chi connectivity index (χ1n) is 7.09. The molecule has 2 heterocycles. The van der Waals surface area contributed by atoms with Crippen LogP contribution < -0.4 is 5.69 Å². The average molecular weight is 281 g/mol. The molecule has 0 aliphatic carbocycles. The van der Waals surface area contributed by atoms with E-state index in [1.54, 1.807) is 10.6 Å². The molecule has 0 saturated carbocycles. The van der Waals surface area contributed by atoms with Crippen LogP contribution in [0.15, 0.2) is 53.5 Å². The molecule has 0 spiro atoms. The minimum Gasteiger partial charge on any atom is -0.250 e. The number of benzene rings is 1. The summed E-state index contributed by atoms with van der Waals surface area (Å²) in [7, 11) is 0. The zero-order valence-electron chi connectivity index (χ0n) is 12.6. The second kappa shape index (κ2) is 4.88. The first-order chi connectivity index (χ1) is 9.95. The molecule has 0 N–H and O–H groups in total. The predicted molar refractivity (Wildman–Crippen MR) is 83.7 cm³/mol. The molecule has 3 aromatic rings. The van der Waals surface area contributed by atoms with Crippen LogP contribution in [0.1, 0.15) is 31.9 Å². The lowest BCUT2D eigenvalue weighted by Gasteiger charge is -2.19. The molecule has 0 aliphatic rings. The van der Waals surface area contributed by atoms with Gasteiger partial charge < -0.3 is 0 Å². The largest absolute Gasteiger partial charge is 0.350 e. The van der Waals surface area contributed by atoms with E-state index in [-0.39, 0.29) is 11.1 Å². The monoisotopic (exact) mass is 281 g/mol. The minimum atomic E-state index is -0.106. The summed E-state index contributed by atoms with van der Waals surface area (Å²) < 4.78 is 3.06. The van der Waals surface area contributed by atoms with E-state index in [0.29, 0.717) is 12.2 Å². The van der Waals surface area contributed by atoms with E-state index < -0.39 is 0 Å². The summed E-state index contributed by atoms with van der Waals surface area (Å²) in [5.74, 6) is 0. The highest BCUT2D eigenvalue weighted by Gasteiger charge is 2.13. The van der Waals surface area contributed by atoms with Crippen LogP contribution in [0.4, 0.5) is 0 Å². The van der Waals surface area contributed by atoms with Crippen molar-refractivity contribution in [2.45, 2.75) is 32.7 Å². The Labute approximate surface area is 123 Å². The third-order valence-electron chi connectivity index (χ3n) is 3.64. The van der Waals surface area contributed by atoms with Crippen LogP contribution in [0.5, 0.6) is 0 Å². The lowest BCUT2D eigenvalue weighted by Crippen LogP contribution is -2.21. The molecule has 0 radical (unpaired) electrons. The maximum absolute atomic E-state index is 12.2. The first kappa shape index (κ1) is 13.6. The molecule has 4 nitrogen and oxygen atoms in total. The summed E-state index contributed by atoms with van der Waals surface area (Å²) in [6, 6.07) is 13.9. The lowest BCUT2D eigenvalue weighted by molar-refractivity contribution is 0.589. The third kappa shape index (κ3) is 2.61. The second-order valence-corrected chi connectivity index (χ2v) is 6.32. The number of hydrogen-bond acceptors (Lipinski definition) is 2. The van der Waals surface area contributed by atoms with E-state index in [1.165, 1.54) is 10.2 Å². The molecule has 21 heavy (non-hydrogen) atoms. The van der Waals surface area contributed by atoms with E-state index in [4.69, 9.17) is 0 Å². The zero-order chi connectivity index (χ0) is 15.0. The summed E-state index contributed by atoms with van der Waals surface area (Å²) in [5, 5.41) is 4.35. The van der Waals surface area contributed by atoms with Crippen molar-refractivity contribution < 1.29 is 0 Å². The Morgan fingerprint density at radius 2 is 1.76 bits per heavy atom. The van der Waals surface area contributed by atoms with Gasteiger partial charge in [0.05, 0.1) is 6.54 Å². The van der Waals surface area contributed by atoms with Crippen LogP contribution in [-0.2, 0) is 12.0 Å². The molecular weight excluding hydrogens is 262 g/mol. The van der Waals surface area contributed by atoms with Gasteiger partial charge in [-0.15, -0.1) is 5.10 Å². The summed E-state index contributed by atoms with van der Waals surface area (Å²) in [5.41, 5.74) is 3.07. The highest BCUT2D eigenvalue weighted by Crippen LogP contribution is 2.22. The van der Waals surface area contributed by atoms with Crippen LogP contribution in [0, 0.1) is 0 Å². The quantitative estimate of drug-likeness (QED) is 0.724. The maximum atomic E-state index is 12.2. The molecule has 4 heteroatoms. The van der Waals surface area contributed by atoms with Crippen molar-refractivity contribution in [2.75, 3.05) is 0 Å². The molecule has 0 unspecified atom stereocenters. The number of pyridine rings is 1. The third-order valence-corrected chi connectivity index (χ3v) is 3.64. The second-order valence-electron chi connectivity index (χ2n) is 6.32. The van der Waals surface area contributed by atoms with Crippen LogP contribution in [-0.4, -0.2) is 14.2 Å². The smallest absolute Gasteiger partial charge is 0.250 e. The average Bonchev–Trinajstić information content (AvgIpc) is 2.76. The number of rotatable bonds is 2. The normalized spacial score (nSPS) is 12.0. The van der Waals surface area contributed by atoms with Gasteiger partial charge in [0, 0.05) is 6.20 Å². The number of fused-ring (bicyclic) bond motifs is 1. The fourth-order valence-corrected chi connectivity index (χ4v) is 2.35. The fourth-order valence-electron chi connectivity index (χ4n) is 2.35. The lowest BCUT2D eigenvalue weighted by atomic mass is 9.87. The van der Waals surface area contributed by atoms with Gasteiger partial charge in [0.2, 0.25) is 0 Å². The minimum absolute atomic E-state index is 0.106. The first-order valence-corrected chi connectivity index (χ1v) is 7.09. The Morgan fingerprint density at radius 3 is 2.38 bits per heavy atom. The number of nitrogens with zero attached hydrogens (tertiary/aromatic N) is 3. The van der Waals surface area contributed by atoms with Gasteiger partial charge in [-0.25, -0.2) is 9.48 Å². The molecule has 108 valence electrons. The van der Waals surface area contributed by atoms with Gasteiger partial charge in [-0.1, -0.05) is 51.1 Å². The van der Waals surface area contributed by atoms with Gasteiger partial charge in [-0.2, -0.15) is 0 Å². The van der Waals surface area contributed by atoms with Crippen molar-refractivity contribution in [2.24, 2.45) is 0 Å². The molecule has 0 saturated heterocycles. The van der Waals surface area contributed by atoms with Crippen molar-refractivity contribution in [1.29, 1.82) is 0 Å². The van der Waals surface area contributed by atoms with Crippen LogP contribution >= 0.6 is 0 Å². The van der Waals surface area contributed by atoms with Crippen molar-refractivity contribution >= 4 is 5.65 Å². The van der Waals surface area contributed by atoms with Crippen molar-refractivity contribution in [3.63, 3.8) is 0 Å². The highest BCUT2D eigenvalue weighted by atomic mass is 16.2. The Bertz CT molecular complexity index is 820. The Morgan fingerprint density at radius 1 is 1.05 bits per heavy atom. The molecule has 0 amide bonds. The molecule has 0 bridgehead atoms. The van der Waals surface area contributed by atoms with Gasteiger partial charge in [-0.05, 0) is 28.7 Å². The number of aromatic nitrogens is 3. The summed E-state index contributed by atoms with van der Waals surface area (Å²) in [4.78, 5) is 12.2. The molecule has 0 fully saturated rings. The van der Waals surface area contributed by atoms with Gasteiger partial charge in [0.15, 0.2) is 5.65 Å². The van der Waals surface area contributed by atoms with E-state index in [9.17, 15) is 4.79 Å².